The monoisotopic (exact) mass is 382 g/mol. The zero-order valence-corrected chi connectivity index (χ0v) is 20.0. The van der Waals surface area contributed by atoms with Crippen molar-refractivity contribution in [3.8, 4) is 0 Å². The summed E-state index contributed by atoms with van der Waals surface area (Å²) in [6, 6.07) is 0. The van der Waals surface area contributed by atoms with Crippen molar-refractivity contribution in [1.82, 2.24) is 0 Å². The second-order valence-electron chi connectivity index (χ2n) is 9.80. The van der Waals surface area contributed by atoms with Gasteiger partial charge in [0.25, 0.3) is 0 Å². The molecule has 0 heterocycles. The topological polar surface area (TPSA) is 57.2 Å². The van der Waals surface area contributed by atoms with Crippen LogP contribution < -0.4 is 56.5 Å². The summed E-state index contributed by atoms with van der Waals surface area (Å²) in [6.45, 7) is 6.62. The number of fused-ring (bicyclic) bond motifs is 5. The number of ketones is 1. The summed E-state index contributed by atoms with van der Waals surface area (Å²) in [4.78, 5) is 23.4. The largest absolute Gasteiger partial charge is 1.00 e. The Labute approximate surface area is 200 Å². The molecule has 0 bridgehead atoms. The average Bonchev–Trinajstić information content (AvgIpc) is 2.92. The van der Waals surface area contributed by atoms with Gasteiger partial charge in [-0.1, -0.05) is 26.3 Å². The molecule has 0 N–H and O–H groups in total. The van der Waals surface area contributed by atoms with Gasteiger partial charge in [-0.3, -0.25) is 4.79 Å². The van der Waals surface area contributed by atoms with Crippen molar-refractivity contribution < 1.29 is 66.1 Å². The van der Waals surface area contributed by atoms with Crippen LogP contribution in [-0.2, 0) is 9.59 Å². The van der Waals surface area contributed by atoms with Crippen molar-refractivity contribution >= 4 is 11.8 Å². The van der Waals surface area contributed by atoms with E-state index in [9.17, 15) is 14.7 Å². The second kappa shape index (κ2) is 7.40. The van der Waals surface area contributed by atoms with E-state index in [1.807, 2.05) is 13.0 Å². The minimum absolute atomic E-state index is 0. The number of carboxylic acids is 1. The third-order valence-corrected chi connectivity index (χ3v) is 9.01. The smallest absolute Gasteiger partial charge is 0.550 e. The number of carbonyl (C=O) groups excluding carboxylic acids is 2. The molecule has 3 saturated carbocycles. The van der Waals surface area contributed by atoms with Crippen molar-refractivity contribution in [2.45, 2.75) is 72.1 Å². The van der Waals surface area contributed by atoms with Gasteiger partial charge in [-0.05, 0) is 91.4 Å². The summed E-state index contributed by atoms with van der Waals surface area (Å²) >= 11 is 0. The van der Waals surface area contributed by atoms with Crippen molar-refractivity contribution in [3.63, 3.8) is 0 Å². The Morgan fingerprint density at radius 2 is 1.85 bits per heavy atom. The van der Waals surface area contributed by atoms with Gasteiger partial charge < -0.3 is 9.90 Å². The maximum absolute atomic E-state index is 11.9. The van der Waals surface area contributed by atoms with E-state index in [1.165, 1.54) is 24.8 Å². The van der Waals surface area contributed by atoms with E-state index in [0.717, 1.165) is 25.7 Å². The number of carbonyl (C=O) groups is 2. The van der Waals surface area contributed by atoms with Crippen LogP contribution in [0.25, 0.3) is 0 Å². The summed E-state index contributed by atoms with van der Waals surface area (Å²) in [7, 11) is 0. The number of aliphatic carboxylic acids is 1. The Kier molecular flexibility index (Phi) is 6.04. The predicted molar refractivity (Wildman–Crippen MR) is 94.4 cm³/mol. The Bertz CT molecular complexity index is 641. The summed E-state index contributed by atoms with van der Waals surface area (Å²) in [6.07, 6.45) is 10.5. The second-order valence-corrected chi connectivity index (χ2v) is 9.80. The quantitative estimate of drug-likeness (QED) is 0.655. The van der Waals surface area contributed by atoms with Gasteiger partial charge in [0.2, 0.25) is 0 Å². The fraction of sp³-hybridized carbons (Fsp3) is 0.818. The number of hydrogen-bond acceptors (Lipinski definition) is 3. The molecule has 3 fully saturated rings. The number of rotatable bonds is 2. The standard InChI is InChI=1S/C22H32O3.K/c1-13(20(24)25)17-6-7-18-16-5-4-14-12-15(23)8-10-21(14,2)19(16)9-11-22(17,18)3;/h12-13,16-19H,4-11H2,1-3H3,(H,24,25);/q;+1/p-1/t13-,16-,17+,18-,19-,21-,22+;/m0./s1. The van der Waals surface area contributed by atoms with Gasteiger partial charge in [0.15, 0.2) is 5.78 Å². The van der Waals surface area contributed by atoms with Crippen LogP contribution in [0.4, 0.5) is 0 Å². The molecule has 0 spiro atoms. The van der Waals surface area contributed by atoms with Crippen molar-refractivity contribution in [2.24, 2.45) is 40.4 Å². The summed E-state index contributed by atoms with van der Waals surface area (Å²) < 4.78 is 0. The third kappa shape index (κ3) is 3.06. The van der Waals surface area contributed by atoms with Crippen LogP contribution in [0.3, 0.4) is 0 Å². The molecule has 0 unspecified atom stereocenters. The zero-order chi connectivity index (χ0) is 18.0. The maximum Gasteiger partial charge on any atom is 1.00 e. The van der Waals surface area contributed by atoms with Gasteiger partial charge >= 0.3 is 51.4 Å². The Hall–Kier alpha value is 0.516. The molecule has 3 nitrogen and oxygen atoms in total. The molecular weight excluding hydrogens is 351 g/mol. The normalized spacial score (nSPS) is 45.5. The van der Waals surface area contributed by atoms with Crippen LogP contribution in [0.1, 0.15) is 72.1 Å². The Morgan fingerprint density at radius 1 is 1.12 bits per heavy atom. The van der Waals surface area contributed by atoms with Crippen LogP contribution in [0.5, 0.6) is 0 Å². The van der Waals surface area contributed by atoms with Crippen molar-refractivity contribution in [3.05, 3.63) is 11.6 Å². The van der Waals surface area contributed by atoms with E-state index in [2.05, 4.69) is 13.8 Å². The first-order valence-corrected chi connectivity index (χ1v) is 10.2. The van der Waals surface area contributed by atoms with Crippen LogP contribution in [0.2, 0.25) is 0 Å². The first-order valence-electron chi connectivity index (χ1n) is 10.2. The molecule has 0 aromatic heterocycles. The molecule has 26 heavy (non-hydrogen) atoms. The van der Waals surface area contributed by atoms with Crippen LogP contribution in [0, 0.1) is 40.4 Å². The van der Waals surface area contributed by atoms with E-state index >= 15 is 0 Å². The van der Waals surface area contributed by atoms with E-state index < -0.39 is 5.97 Å². The van der Waals surface area contributed by atoms with Gasteiger partial charge in [0, 0.05) is 12.4 Å². The van der Waals surface area contributed by atoms with Gasteiger partial charge in [-0.15, -0.1) is 0 Å². The van der Waals surface area contributed by atoms with Crippen molar-refractivity contribution in [2.75, 3.05) is 0 Å². The van der Waals surface area contributed by atoms with E-state index in [0.29, 0.717) is 30.0 Å². The Morgan fingerprint density at radius 3 is 2.54 bits per heavy atom. The molecule has 0 aliphatic heterocycles. The fourth-order valence-electron chi connectivity index (χ4n) is 7.59. The number of hydrogen-bond donors (Lipinski definition) is 0. The van der Waals surface area contributed by atoms with Crippen molar-refractivity contribution in [1.29, 1.82) is 0 Å². The minimum Gasteiger partial charge on any atom is -0.550 e. The molecule has 4 aliphatic carbocycles. The molecule has 7 atom stereocenters. The molecule has 0 saturated heterocycles. The number of allylic oxidation sites excluding steroid dienone is 1. The molecule has 0 aromatic rings. The number of carboxylic acid groups (broad SMARTS) is 1. The molecular formula is C22H31KO3. The maximum atomic E-state index is 11.9. The molecule has 0 radical (unpaired) electrons. The van der Waals surface area contributed by atoms with E-state index in [-0.39, 0.29) is 74.1 Å². The Balaban J connectivity index is 0.00000196. The molecule has 4 heteroatoms. The average molecular weight is 383 g/mol. The van der Waals surface area contributed by atoms with Crippen LogP contribution in [0.15, 0.2) is 11.6 Å². The van der Waals surface area contributed by atoms with Crippen LogP contribution in [-0.4, -0.2) is 11.8 Å². The summed E-state index contributed by atoms with van der Waals surface area (Å²) in [5, 5.41) is 11.5. The van der Waals surface area contributed by atoms with Gasteiger partial charge in [0.05, 0.1) is 0 Å². The molecule has 138 valence electrons. The van der Waals surface area contributed by atoms with Gasteiger partial charge in [0.1, 0.15) is 0 Å². The SMILES string of the molecule is C[C@H](C(=O)[O-])[C@H]1CC[C@H]2[C@@H]3CCC4=CC(=O)CC[C@]4(C)[C@H]3CC[C@]12C.[K+]. The van der Waals surface area contributed by atoms with Gasteiger partial charge in [-0.2, -0.15) is 0 Å². The van der Waals surface area contributed by atoms with Gasteiger partial charge in [-0.25, -0.2) is 0 Å². The molecule has 4 rings (SSSR count). The van der Waals surface area contributed by atoms with E-state index in [4.69, 9.17) is 0 Å². The summed E-state index contributed by atoms with van der Waals surface area (Å²) in [5.41, 5.74) is 1.77. The summed E-state index contributed by atoms with van der Waals surface area (Å²) in [5.74, 6) is 1.39. The molecule has 0 aromatic carbocycles. The molecule has 4 aliphatic rings. The van der Waals surface area contributed by atoms with Crippen LogP contribution >= 0.6 is 0 Å². The first kappa shape index (κ1) is 21.2. The predicted octanol–water partition coefficient (Wildman–Crippen LogP) is 0.525. The third-order valence-electron chi connectivity index (χ3n) is 9.01. The fourth-order valence-corrected chi connectivity index (χ4v) is 7.59. The van der Waals surface area contributed by atoms with E-state index in [1.54, 1.807) is 0 Å². The minimum atomic E-state index is -0.874. The first-order chi connectivity index (χ1) is 11.8. The zero-order valence-electron chi connectivity index (χ0n) is 16.8. The molecule has 0 amide bonds.